The van der Waals surface area contributed by atoms with E-state index in [1.54, 1.807) is 6.92 Å². The zero-order valence-electron chi connectivity index (χ0n) is 8.34. The molecule has 0 atom stereocenters. The largest absolute Gasteiger partial charge is 0.497 e. The Balaban J connectivity index is 2.04. The van der Waals surface area contributed by atoms with Gasteiger partial charge in [0.25, 0.3) is 0 Å². The molecule has 0 aromatic carbocycles. The molecule has 3 nitrogen and oxygen atoms in total. The lowest BCUT2D eigenvalue weighted by Crippen LogP contribution is -2.05. The van der Waals surface area contributed by atoms with Crippen molar-refractivity contribution in [3.05, 3.63) is 23.2 Å². The van der Waals surface area contributed by atoms with Crippen LogP contribution < -0.4 is 0 Å². The molecule has 3 heteroatoms. The maximum absolute atomic E-state index is 11.1. The van der Waals surface area contributed by atoms with E-state index < -0.39 is 0 Å². The van der Waals surface area contributed by atoms with Crippen molar-refractivity contribution in [3.8, 4) is 0 Å². The second-order valence-electron chi connectivity index (χ2n) is 3.49. The van der Waals surface area contributed by atoms with Crippen molar-refractivity contribution >= 4 is 5.97 Å². The summed E-state index contributed by atoms with van der Waals surface area (Å²) in [5.41, 5.74) is 1.20. The van der Waals surface area contributed by atoms with Crippen LogP contribution in [0.25, 0.3) is 0 Å². The lowest BCUT2D eigenvalue weighted by atomic mass is 10.0. The topological polar surface area (TPSA) is 35.5 Å². The Labute approximate surface area is 83.4 Å². The summed E-state index contributed by atoms with van der Waals surface area (Å²) >= 11 is 0. The molecule has 0 spiro atoms. The van der Waals surface area contributed by atoms with Crippen LogP contribution in [0.2, 0.25) is 0 Å². The second kappa shape index (κ2) is 3.86. The Morgan fingerprint density at radius 3 is 3.14 bits per heavy atom. The van der Waals surface area contributed by atoms with Crippen LogP contribution in [-0.2, 0) is 14.3 Å². The summed E-state index contributed by atoms with van der Waals surface area (Å²) in [7, 11) is 0. The molecule has 2 aliphatic rings. The molecular weight excluding hydrogens is 180 g/mol. The van der Waals surface area contributed by atoms with Gasteiger partial charge in [0.2, 0.25) is 0 Å². The van der Waals surface area contributed by atoms with Crippen molar-refractivity contribution in [1.29, 1.82) is 0 Å². The fraction of sp³-hybridized carbons (Fsp3) is 0.545. The summed E-state index contributed by atoms with van der Waals surface area (Å²) in [6.45, 7) is 2.57. The van der Waals surface area contributed by atoms with Crippen LogP contribution in [0, 0.1) is 0 Å². The second-order valence-corrected chi connectivity index (χ2v) is 3.49. The van der Waals surface area contributed by atoms with Gasteiger partial charge in [0, 0.05) is 25.7 Å². The maximum atomic E-state index is 11.1. The molecule has 0 radical (unpaired) electrons. The van der Waals surface area contributed by atoms with Crippen LogP contribution >= 0.6 is 0 Å². The highest BCUT2D eigenvalue weighted by Gasteiger charge is 2.21. The lowest BCUT2D eigenvalue weighted by molar-refractivity contribution is -0.139. The molecule has 0 unspecified atom stereocenters. The Morgan fingerprint density at radius 1 is 1.50 bits per heavy atom. The van der Waals surface area contributed by atoms with Gasteiger partial charge in [-0.3, -0.25) is 4.79 Å². The molecule has 2 rings (SSSR count). The quantitative estimate of drug-likeness (QED) is 0.633. The number of esters is 1. The summed E-state index contributed by atoms with van der Waals surface area (Å²) < 4.78 is 10.6. The van der Waals surface area contributed by atoms with Gasteiger partial charge >= 0.3 is 5.97 Å². The van der Waals surface area contributed by atoms with E-state index in [0.29, 0.717) is 6.42 Å². The van der Waals surface area contributed by atoms with Crippen molar-refractivity contribution in [2.24, 2.45) is 0 Å². The number of ether oxygens (including phenoxy) is 2. The van der Waals surface area contributed by atoms with Gasteiger partial charge in [-0.15, -0.1) is 0 Å². The van der Waals surface area contributed by atoms with Gasteiger partial charge in [0.05, 0.1) is 12.4 Å². The number of hydrogen-bond acceptors (Lipinski definition) is 3. The van der Waals surface area contributed by atoms with Gasteiger partial charge in [-0.2, -0.15) is 0 Å². The molecule has 0 amide bonds. The van der Waals surface area contributed by atoms with Gasteiger partial charge in [-0.1, -0.05) is 6.92 Å². The van der Waals surface area contributed by atoms with E-state index in [9.17, 15) is 4.79 Å². The SMILES string of the molecule is CCC(=O)OC1=CC2=C(CC1)OCC2. The number of carbonyl (C=O) groups excluding carboxylic acids is 1. The van der Waals surface area contributed by atoms with E-state index in [4.69, 9.17) is 9.47 Å². The Kier molecular flexibility index (Phi) is 2.57. The number of hydrogen-bond donors (Lipinski definition) is 0. The summed E-state index contributed by atoms with van der Waals surface area (Å²) in [5, 5.41) is 0. The van der Waals surface area contributed by atoms with Crippen LogP contribution in [0.4, 0.5) is 0 Å². The van der Waals surface area contributed by atoms with Crippen molar-refractivity contribution in [2.75, 3.05) is 6.61 Å². The summed E-state index contributed by atoms with van der Waals surface area (Å²) in [4.78, 5) is 11.1. The maximum Gasteiger partial charge on any atom is 0.310 e. The predicted molar refractivity (Wildman–Crippen MR) is 51.3 cm³/mol. The molecule has 1 heterocycles. The minimum atomic E-state index is -0.154. The van der Waals surface area contributed by atoms with E-state index in [2.05, 4.69) is 0 Å². The van der Waals surface area contributed by atoms with E-state index in [1.165, 1.54) is 5.57 Å². The Hall–Kier alpha value is -1.25. The average Bonchev–Trinajstić information content (AvgIpc) is 2.64. The Morgan fingerprint density at radius 2 is 2.36 bits per heavy atom. The number of carbonyl (C=O) groups is 1. The molecule has 1 aliphatic heterocycles. The van der Waals surface area contributed by atoms with Gasteiger partial charge in [-0.05, 0) is 11.6 Å². The normalized spacial score (nSPS) is 19.9. The summed E-state index contributed by atoms with van der Waals surface area (Å²) in [6.07, 6.45) is 4.99. The zero-order valence-corrected chi connectivity index (χ0v) is 8.34. The third-order valence-corrected chi connectivity index (χ3v) is 2.47. The first-order valence-corrected chi connectivity index (χ1v) is 5.05. The van der Waals surface area contributed by atoms with E-state index >= 15 is 0 Å². The van der Waals surface area contributed by atoms with Crippen LogP contribution in [0.1, 0.15) is 32.6 Å². The molecule has 0 saturated carbocycles. The molecule has 0 bridgehead atoms. The van der Waals surface area contributed by atoms with Gasteiger partial charge in [0.15, 0.2) is 0 Å². The number of allylic oxidation sites excluding steroid dienone is 3. The van der Waals surface area contributed by atoms with Crippen molar-refractivity contribution < 1.29 is 14.3 Å². The van der Waals surface area contributed by atoms with Crippen molar-refractivity contribution in [2.45, 2.75) is 32.6 Å². The smallest absolute Gasteiger partial charge is 0.310 e. The van der Waals surface area contributed by atoms with E-state index in [0.717, 1.165) is 37.4 Å². The van der Waals surface area contributed by atoms with Crippen molar-refractivity contribution in [3.63, 3.8) is 0 Å². The van der Waals surface area contributed by atoms with Crippen LogP contribution in [0.15, 0.2) is 23.2 Å². The minimum absolute atomic E-state index is 0.154. The van der Waals surface area contributed by atoms with E-state index in [1.807, 2.05) is 6.08 Å². The Bertz CT molecular complexity index is 312. The highest BCUT2D eigenvalue weighted by atomic mass is 16.5. The van der Waals surface area contributed by atoms with Gasteiger partial charge < -0.3 is 9.47 Å². The lowest BCUT2D eigenvalue weighted by Gasteiger charge is -2.13. The van der Waals surface area contributed by atoms with Crippen LogP contribution in [0.5, 0.6) is 0 Å². The third-order valence-electron chi connectivity index (χ3n) is 2.47. The van der Waals surface area contributed by atoms with Crippen molar-refractivity contribution in [1.82, 2.24) is 0 Å². The fourth-order valence-corrected chi connectivity index (χ4v) is 1.70. The average molecular weight is 194 g/mol. The minimum Gasteiger partial charge on any atom is -0.497 e. The molecule has 76 valence electrons. The molecular formula is C11H14O3. The highest BCUT2D eigenvalue weighted by Crippen LogP contribution is 2.31. The summed E-state index contributed by atoms with van der Waals surface area (Å²) in [6, 6.07) is 0. The first-order chi connectivity index (χ1) is 6.79. The standard InChI is InChI=1S/C11H14O3/c1-2-11(12)14-9-3-4-10-8(7-9)5-6-13-10/h7H,2-6H2,1H3. The first kappa shape index (κ1) is 9.31. The molecule has 0 fully saturated rings. The monoisotopic (exact) mass is 194 g/mol. The van der Waals surface area contributed by atoms with Gasteiger partial charge in [-0.25, -0.2) is 0 Å². The predicted octanol–water partition coefficient (Wildman–Crippen LogP) is 2.29. The molecule has 0 aromatic heterocycles. The molecule has 1 aliphatic carbocycles. The molecule has 0 aromatic rings. The fourth-order valence-electron chi connectivity index (χ4n) is 1.70. The molecule has 0 saturated heterocycles. The van der Waals surface area contributed by atoms with Crippen LogP contribution in [0.3, 0.4) is 0 Å². The first-order valence-electron chi connectivity index (χ1n) is 5.05. The van der Waals surface area contributed by atoms with Crippen LogP contribution in [-0.4, -0.2) is 12.6 Å². The zero-order chi connectivity index (χ0) is 9.97. The molecule has 14 heavy (non-hydrogen) atoms. The van der Waals surface area contributed by atoms with Gasteiger partial charge in [0.1, 0.15) is 5.76 Å². The summed E-state index contributed by atoms with van der Waals surface area (Å²) in [5.74, 6) is 1.72. The third kappa shape index (κ3) is 1.81. The number of rotatable bonds is 2. The van der Waals surface area contributed by atoms with E-state index in [-0.39, 0.29) is 5.97 Å². The highest BCUT2D eigenvalue weighted by molar-refractivity contribution is 5.70. The molecule has 0 N–H and O–H groups in total.